The van der Waals surface area contributed by atoms with E-state index in [2.05, 4.69) is 4.74 Å². The number of aliphatic carboxylic acids is 1. The molecule has 0 aliphatic rings. The summed E-state index contributed by atoms with van der Waals surface area (Å²) in [7, 11) is 0. The lowest BCUT2D eigenvalue weighted by Crippen LogP contribution is -2.26. The van der Waals surface area contributed by atoms with E-state index in [-0.39, 0.29) is 24.1 Å². The number of carboxylic acid groups (broad SMARTS) is 1. The first kappa shape index (κ1) is 18.3. The van der Waals surface area contributed by atoms with Gasteiger partial charge in [-0.05, 0) is 36.0 Å². The summed E-state index contributed by atoms with van der Waals surface area (Å²) in [5.41, 5.74) is 6.26. The summed E-state index contributed by atoms with van der Waals surface area (Å²) >= 11 is 0. The SMILES string of the molecule is CC(CC(CN)C(=O)O)C(C)c1ccc(OC(F)(F)F)cc1. The van der Waals surface area contributed by atoms with Crippen molar-refractivity contribution in [1.29, 1.82) is 0 Å². The minimum absolute atomic E-state index is 0.00617. The van der Waals surface area contributed by atoms with Crippen LogP contribution in [0.1, 0.15) is 31.7 Å². The third-order valence-electron chi connectivity index (χ3n) is 3.78. The Bertz CT molecular complexity index is 488. The Morgan fingerprint density at radius 1 is 1.27 bits per heavy atom. The highest BCUT2D eigenvalue weighted by molar-refractivity contribution is 5.70. The number of carbonyl (C=O) groups is 1. The maximum absolute atomic E-state index is 12.1. The zero-order valence-electron chi connectivity index (χ0n) is 12.4. The van der Waals surface area contributed by atoms with Crippen LogP contribution < -0.4 is 10.5 Å². The average Bonchev–Trinajstić information content (AvgIpc) is 2.42. The maximum Gasteiger partial charge on any atom is 0.573 e. The first-order chi connectivity index (χ1) is 10.1. The minimum Gasteiger partial charge on any atom is -0.481 e. The van der Waals surface area contributed by atoms with Crippen LogP contribution in [-0.2, 0) is 4.79 Å². The van der Waals surface area contributed by atoms with E-state index in [0.29, 0.717) is 6.42 Å². The Morgan fingerprint density at radius 3 is 2.23 bits per heavy atom. The van der Waals surface area contributed by atoms with Crippen molar-refractivity contribution in [2.24, 2.45) is 17.6 Å². The van der Waals surface area contributed by atoms with Gasteiger partial charge < -0.3 is 15.6 Å². The van der Waals surface area contributed by atoms with Crippen LogP contribution in [0.3, 0.4) is 0 Å². The van der Waals surface area contributed by atoms with E-state index >= 15 is 0 Å². The first-order valence-electron chi connectivity index (χ1n) is 6.92. The van der Waals surface area contributed by atoms with E-state index in [1.165, 1.54) is 12.1 Å². The molecule has 3 N–H and O–H groups in total. The molecule has 0 saturated heterocycles. The van der Waals surface area contributed by atoms with Gasteiger partial charge in [-0.15, -0.1) is 13.2 Å². The highest BCUT2D eigenvalue weighted by atomic mass is 19.4. The van der Waals surface area contributed by atoms with E-state index in [1.807, 2.05) is 13.8 Å². The van der Waals surface area contributed by atoms with Crippen molar-refractivity contribution in [2.45, 2.75) is 32.5 Å². The Hall–Kier alpha value is -1.76. The molecule has 0 aliphatic carbocycles. The second-order valence-corrected chi connectivity index (χ2v) is 5.39. The predicted molar refractivity (Wildman–Crippen MR) is 75.5 cm³/mol. The number of benzene rings is 1. The lowest BCUT2D eigenvalue weighted by molar-refractivity contribution is -0.274. The molecule has 1 aromatic rings. The van der Waals surface area contributed by atoms with E-state index < -0.39 is 18.2 Å². The summed E-state index contributed by atoms with van der Waals surface area (Å²) in [4.78, 5) is 11.0. The Labute approximate surface area is 127 Å². The van der Waals surface area contributed by atoms with Crippen molar-refractivity contribution in [3.63, 3.8) is 0 Å². The largest absolute Gasteiger partial charge is 0.573 e. The molecule has 0 amide bonds. The number of nitrogens with two attached hydrogens (primary N) is 1. The molecule has 0 bridgehead atoms. The molecular formula is C15H20F3NO3. The number of hydrogen-bond acceptors (Lipinski definition) is 3. The van der Waals surface area contributed by atoms with Crippen molar-refractivity contribution < 1.29 is 27.8 Å². The lowest BCUT2D eigenvalue weighted by Gasteiger charge is -2.23. The predicted octanol–water partition coefficient (Wildman–Crippen LogP) is 3.37. The van der Waals surface area contributed by atoms with Crippen LogP contribution in [0.4, 0.5) is 13.2 Å². The molecule has 1 rings (SSSR count). The topological polar surface area (TPSA) is 72.6 Å². The smallest absolute Gasteiger partial charge is 0.481 e. The van der Waals surface area contributed by atoms with E-state index in [0.717, 1.165) is 5.56 Å². The van der Waals surface area contributed by atoms with Crippen LogP contribution in [0.15, 0.2) is 24.3 Å². The number of rotatable bonds is 7. The summed E-state index contributed by atoms with van der Waals surface area (Å²) < 4.78 is 40.1. The summed E-state index contributed by atoms with van der Waals surface area (Å²) in [5.74, 6) is -1.81. The molecule has 3 atom stereocenters. The second-order valence-electron chi connectivity index (χ2n) is 5.39. The molecule has 0 heterocycles. The van der Waals surface area contributed by atoms with Gasteiger partial charge >= 0.3 is 12.3 Å². The van der Waals surface area contributed by atoms with Gasteiger partial charge in [-0.3, -0.25) is 4.79 Å². The lowest BCUT2D eigenvalue weighted by atomic mass is 9.83. The molecule has 0 aromatic heterocycles. The molecular weight excluding hydrogens is 299 g/mol. The molecule has 22 heavy (non-hydrogen) atoms. The summed E-state index contributed by atoms with van der Waals surface area (Å²) in [6.45, 7) is 3.86. The fourth-order valence-corrected chi connectivity index (χ4v) is 2.25. The van der Waals surface area contributed by atoms with Gasteiger partial charge in [0.05, 0.1) is 5.92 Å². The van der Waals surface area contributed by atoms with Gasteiger partial charge in [0.1, 0.15) is 5.75 Å². The number of carboxylic acids is 1. The van der Waals surface area contributed by atoms with Crippen LogP contribution in [0, 0.1) is 11.8 Å². The number of halogens is 3. The average molecular weight is 319 g/mol. The van der Waals surface area contributed by atoms with Crippen molar-refractivity contribution in [3.8, 4) is 5.75 Å². The molecule has 4 nitrogen and oxygen atoms in total. The Kier molecular flexibility index (Phi) is 6.22. The van der Waals surface area contributed by atoms with Gasteiger partial charge in [-0.1, -0.05) is 26.0 Å². The first-order valence-corrected chi connectivity index (χ1v) is 6.92. The van der Waals surface area contributed by atoms with E-state index in [1.54, 1.807) is 12.1 Å². The van der Waals surface area contributed by atoms with Gasteiger partial charge in [-0.2, -0.15) is 0 Å². The van der Waals surface area contributed by atoms with E-state index in [9.17, 15) is 18.0 Å². The second kappa shape index (κ2) is 7.49. The fraction of sp³-hybridized carbons (Fsp3) is 0.533. The van der Waals surface area contributed by atoms with Gasteiger partial charge in [0.2, 0.25) is 0 Å². The molecule has 0 saturated carbocycles. The van der Waals surface area contributed by atoms with Crippen LogP contribution in [0.25, 0.3) is 0 Å². The highest BCUT2D eigenvalue weighted by Crippen LogP contribution is 2.31. The molecule has 0 fully saturated rings. The zero-order chi connectivity index (χ0) is 16.9. The summed E-state index contributed by atoms with van der Waals surface area (Å²) in [6.07, 6.45) is -4.30. The van der Waals surface area contributed by atoms with Gasteiger partial charge in [0, 0.05) is 6.54 Å². The molecule has 0 spiro atoms. The molecule has 1 aromatic carbocycles. The Balaban J connectivity index is 2.72. The highest BCUT2D eigenvalue weighted by Gasteiger charge is 2.31. The number of hydrogen-bond donors (Lipinski definition) is 2. The molecule has 3 unspecified atom stereocenters. The zero-order valence-corrected chi connectivity index (χ0v) is 12.4. The third kappa shape index (κ3) is 5.55. The van der Waals surface area contributed by atoms with Crippen LogP contribution in [0.2, 0.25) is 0 Å². The fourth-order valence-electron chi connectivity index (χ4n) is 2.25. The molecule has 124 valence electrons. The molecule has 0 radical (unpaired) electrons. The van der Waals surface area contributed by atoms with Gasteiger partial charge in [0.15, 0.2) is 0 Å². The number of alkyl halides is 3. The quantitative estimate of drug-likeness (QED) is 0.808. The van der Waals surface area contributed by atoms with Gasteiger partial charge in [-0.25, -0.2) is 0 Å². The van der Waals surface area contributed by atoms with Crippen molar-refractivity contribution in [2.75, 3.05) is 6.54 Å². The third-order valence-corrected chi connectivity index (χ3v) is 3.78. The minimum atomic E-state index is -4.71. The van der Waals surface area contributed by atoms with Crippen LogP contribution in [-0.4, -0.2) is 24.0 Å². The molecule has 7 heteroatoms. The standard InChI is InChI=1S/C15H20F3NO3/c1-9(7-12(8-19)14(20)21)10(2)11-3-5-13(6-4-11)22-15(16,17)18/h3-6,9-10,12H,7-8,19H2,1-2H3,(H,20,21). The van der Waals surface area contributed by atoms with Crippen molar-refractivity contribution >= 4 is 5.97 Å². The Morgan fingerprint density at radius 2 is 1.82 bits per heavy atom. The summed E-state index contributed by atoms with van der Waals surface area (Å²) in [6, 6.07) is 5.62. The monoisotopic (exact) mass is 319 g/mol. The van der Waals surface area contributed by atoms with Crippen LogP contribution >= 0.6 is 0 Å². The summed E-state index contributed by atoms with van der Waals surface area (Å²) in [5, 5.41) is 9.02. The van der Waals surface area contributed by atoms with Gasteiger partial charge in [0.25, 0.3) is 0 Å². The van der Waals surface area contributed by atoms with Crippen LogP contribution in [0.5, 0.6) is 5.75 Å². The van der Waals surface area contributed by atoms with Crippen molar-refractivity contribution in [3.05, 3.63) is 29.8 Å². The maximum atomic E-state index is 12.1. The normalized spacial score (nSPS) is 15.9. The van der Waals surface area contributed by atoms with E-state index in [4.69, 9.17) is 10.8 Å². The number of ether oxygens (including phenoxy) is 1. The van der Waals surface area contributed by atoms with Crippen molar-refractivity contribution in [1.82, 2.24) is 0 Å². The molecule has 0 aliphatic heterocycles.